The summed E-state index contributed by atoms with van der Waals surface area (Å²) in [5, 5.41) is 11.4. The zero-order chi connectivity index (χ0) is 17.4. The number of benzene rings is 2. The Morgan fingerprint density at radius 1 is 1.16 bits per heavy atom. The fourth-order valence-electron chi connectivity index (χ4n) is 3.88. The fraction of sp³-hybridized carbons (Fsp3) is 0.286. The van der Waals surface area contributed by atoms with Crippen molar-refractivity contribution in [1.82, 2.24) is 4.57 Å². The topological polar surface area (TPSA) is 45.5 Å². The average molecular weight is 334 g/mol. The predicted octanol–water partition coefficient (Wildman–Crippen LogP) is 3.80. The average Bonchev–Trinajstić information content (AvgIpc) is 2.96. The number of aryl methyl sites for hydroxylation is 3. The molecule has 0 saturated carbocycles. The van der Waals surface area contributed by atoms with Crippen LogP contribution in [0.3, 0.4) is 0 Å². The van der Waals surface area contributed by atoms with Crippen LogP contribution in [0.1, 0.15) is 24.0 Å². The second-order valence-corrected chi connectivity index (χ2v) is 6.72. The highest BCUT2D eigenvalue weighted by Crippen LogP contribution is 2.36. The molecule has 1 aliphatic rings. The second-order valence-electron chi connectivity index (χ2n) is 6.72. The van der Waals surface area contributed by atoms with Gasteiger partial charge < -0.3 is 14.6 Å². The summed E-state index contributed by atoms with van der Waals surface area (Å²) in [5.41, 5.74) is 4.15. The minimum Gasteiger partial charge on any atom is -0.506 e. The molecule has 1 N–H and O–H groups in total. The molecule has 0 saturated heterocycles. The highest BCUT2D eigenvalue weighted by Gasteiger charge is 2.25. The van der Waals surface area contributed by atoms with Crippen LogP contribution in [-0.4, -0.2) is 22.1 Å². The van der Waals surface area contributed by atoms with Gasteiger partial charge in [-0.3, -0.25) is 4.79 Å². The molecule has 0 bridgehead atoms. The zero-order valence-electron chi connectivity index (χ0n) is 14.4. The van der Waals surface area contributed by atoms with Crippen LogP contribution < -0.4 is 4.90 Å². The first-order valence-electron chi connectivity index (χ1n) is 8.79. The van der Waals surface area contributed by atoms with E-state index in [1.807, 2.05) is 31.3 Å². The molecule has 0 unspecified atom stereocenters. The molecule has 0 atom stereocenters. The standard InChI is InChI=1S/C21H22N2O2/c1-22-14-16(17-8-2-3-9-18(17)22)11-12-20(25)23-13-5-7-15-6-4-10-19(24)21(15)23/h2-4,6,8-10,14,24H,5,7,11-13H2,1H3. The monoisotopic (exact) mass is 334 g/mol. The lowest BCUT2D eigenvalue weighted by Gasteiger charge is -2.30. The molecule has 4 nitrogen and oxygen atoms in total. The van der Waals surface area contributed by atoms with E-state index in [0.29, 0.717) is 25.1 Å². The molecule has 25 heavy (non-hydrogen) atoms. The summed E-state index contributed by atoms with van der Waals surface area (Å²) in [5.74, 6) is 0.283. The maximum Gasteiger partial charge on any atom is 0.227 e. The van der Waals surface area contributed by atoms with Crippen molar-refractivity contribution in [3.05, 3.63) is 59.8 Å². The van der Waals surface area contributed by atoms with Gasteiger partial charge in [0.1, 0.15) is 5.75 Å². The summed E-state index contributed by atoms with van der Waals surface area (Å²) in [7, 11) is 2.03. The van der Waals surface area contributed by atoms with Crippen LogP contribution in [-0.2, 0) is 24.7 Å². The lowest BCUT2D eigenvalue weighted by molar-refractivity contribution is -0.118. The molecule has 1 aliphatic heterocycles. The first kappa shape index (κ1) is 15.8. The van der Waals surface area contributed by atoms with E-state index < -0.39 is 0 Å². The number of anilines is 1. The summed E-state index contributed by atoms with van der Waals surface area (Å²) in [6, 6.07) is 13.8. The molecule has 0 fully saturated rings. The van der Waals surface area contributed by atoms with E-state index >= 15 is 0 Å². The molecule has 2 aromatic carbocycles. The predicted molar refractivity (Wildman–Crippen MR) is 100 cm³/mol. The first-order valence-corrected chi connectivity index (χ1v) is 8.79. The largest absolute Gasteiger partial charge is 0.506 e. The Labute approximate surface area is 147 Å². The van der Waals surface area contributed by atoms with Gasteiger partial charge in [0.15, 0.2) is 0 Å². The lowest BCUT2D eigenvalue weighted by Crippen LogP contribution is -2.35. The number of nitrogens with zero attached hydrogens (tertiary/aromatic N) is 2. The molecule has 0 aliphatic carbocycles. The van der Waals surface area contributed by atoms with E-state index in [9.17, 15) is 9.90 Å². The second kappa shape index (κ2) is 6.28. The van der Waals surface area contributed by atoms with Gasteiger partial charge in [0.2, 0.25) is 5.91 Å². The SMILES string of the molecule is Cn1cc(CCC(=O)N2CCCc3cccc(O)c32)c2ccccc21. The number of phenolic OH excluding ortho intramolecular Hbond substituents is 1. The van der Waals surface area contributed by atoms with Crippen LogP contribution in [0.2, 0.25) is 0 Å². The molecule has 4 rings (SSSR count). The Hall–Kier alpha value is -2.75. The number of aromatic hydroxyl groups is 1. The maximum atomic E-state index is 12.8. The number of amides is 1. The molecule has 0 radical (unpaired) electrons. The van der Waals surface area contributed by atoms with Crippen molar-refractivity contribution in [2.24, 2.45) is 7.05 Å². The molecule has 1 aromatic heterocycles. The number of rotatable bonds is 3. The first-order chi connectivity index (χ1) is 12.1. The smallest absolute Gasteiger partial charge is 0.227 e. The molecule has 1 amide bonds. The van der Waals surface area contributed by atoms with Crippen molar-refractivity contribution < 1.29 is 9.90 Å². The number of aromatic nitrogens is 1. The number of fused-ring (bicyclic) bond motifs is 2. The number of hydrogen-bond donors (Lipinski definition) is 1. The van der Waals surface area contributed by atoms with E-state index in [4.69, 9.17) is 0 Å². The summed E-state index contributed by atoms with van der Waals surface area (Å²) in [6.07, 6.45) is 5.12. The Morgan fingerprint density at radius 2 is 2.00 bits per heavy atom. The van der Waals surface area contributed by atoms with Crippen LogP contribution >= 0.6 is 0 Å². The Bertz CT molecular complexity index is 942. The van der Waals surface area contributed by atoms with Crippen LogP contribution in [0.5, 0.6) is 5.75 Å². The number of carbonyl (C=O) groups is 1. The molecular formula is C21H22N2O2. The lowest BCUT2D eigenvalue weighted by atomic mass is 10.00. The van der Waals surface area contributed by atoms with Crippen molar-refractivity contribution in [2.75, 3.05) is 11.4 Å². The van der Waals surface area contributed by atoms with Gasteiger partial charge in [-0.05, 0) is 42.5 Å². The summed E-state index contributed by atoms with van der Waals surface area (Å²) >= 11 is 0. The number of carbonyl (C=O) groups excluding carboxylic acids is 1. The molecular weight excluding hydrogens is 312 g/mol. The van der Waals surface area contributed by atoms with Crippen molar-refractivity contribution >= 4 is 22.5 Å². The maximum absolute atomic E-state index is 12.8. The zero-order valence-corrected chi connectivity index (χ0v) is 14.4. The number of phenols is 1. The highest BCUT2D eigenvalue weighted by atomic mass is 16.3. The van der Waals surface area contributed by atoms with E-state index in [0.717, 1.165) is 18.4 Å². The van der Waals surface area contributed by atoms with Crippen LogP contribution in [0.15, 0.2) is 48.7 Å². The van der Waals surface area contributed by atoms with Crippen LogP contribution in [0.4, 0.5) is 5.69 Å². The van der Waals surface area contributed by atoms with Gasteiger partial charge in [-0.1, -0.05) is 30.3 Å². The fourth-order valence-corrected chi connectivity index (χ4v) is 3.88. The molecule has 4 heteroatoms. The van der Waals surface area contributed by atoms with E-state index in [1.54, 1.807) is 11.0 Å². The van der Waals surface area contributed by atoms with Gasteiger partial charge in [-0.15, -0.1) is 0 Å². The van der Waals surface area contributed by atoms with Gasteiger partial charge in [-0.25, -0.2) is 0 Å². The third-order valence-electron chi connectivity index (χ3n) is 5.08. The number of hydrogen-bond acceptors (Lipinski definition) is 2. The van der Waals surface area contributed by atoms with E-state index in [-0.39, 0.29) is 11.7 Å². The minimum atomic E-state index is 0.0791. The van der Waals surface area contributed by atoms with Gasteiger partial charge >= 0.3 is 0 Å². The normalized spacial score (nSPS) is 13.9. The van der Waals surface area contributed by atoms with Gasteiger partial charge in [0, 0.05) is 37.1 Å². The summed E-state index contributed by atoms with van der Waals surface area (Å²) < 4.78 is 2.11. The Morgan fingerprint density at radius 3 is 2.88 bits per heavy atom. The molecule has 0 spiro atoms. The van der Waals surface area contributed by atoms with E-state index in [1.165, 1.54) is 16.5 Å². The highest BCUT2D eigenvalue weighted by molar-refractivity contribution is 5.96. The molecule has 2 heterocycles. The van der Waals surface area contributed by atoms with Gasteiger partial charge in [0.25, 0.3) is 0 Å². The molecule has 3 aromatic rings. The van der Waals surface area contributed by atoms with Crippen molar-refractivity contribution in [3.8, 4) is 5.75 Å². The molecule has 128 valence electrons. The number of para-hydroxylation sites is 2. The van der Waals surface area contributed by atoms with Gasteiger partial charge in [-0.2, -0.15) is 0 Å². The van der Waals surface area contributed by atoms with Crippen LogP contribution in [0.25, 0.3) is 10.9 Å². The Balaban J connectivity index is 1.56. The van der Waals surface area contributed by atoms with Crippen molar-refractivity contribution in [1.29, 1.82) is 0 Å². The summed E-state index contributed by atoms with van der Waals surface area (Å²) in [4.78, 5) is 14.6. The summed E-state index contributed by atoms with van der Waals surface area (Å²) in [6.45, 7) is 0.680. The van der Waals surface area contributed by atoms with Crippen LogP contribution in [0, 0.1) is 0 Å². The third-order valence-corrected chi connectivity index (χ3v) is 5.08. The minimum absolute atomic E-state index is 0.0791. The Kier molecular flexibility index (Phi) is 3.96. The third kappa shape index (κ3) is 2.78. The van der Waals surface area contributed by atoms with Gasteiger partial charge in [0.05, 0.1) is 5.69 Å². The quantitative estimate of drug-likeness (QED) is 0.792. The van der Waals surface area contributed by atoms with Crippen molar-refractivity contribution in [2.45, 2.75) is 25.7 Å². The van der Waals surface area contributed by atoms with E-state index in [2.05, 4.69) is 22.9 Å². The van der Waals surface area contributed by atoms with Crippen molar-refractivity contribution in [3.63, 3.8) is 0 Å².